The highest BCUT2D eigenvalue weighted by Crippen LogP contribution is 2.68. The van der Waals surface area contributed by atoms with Gasteiger partial charge in [-0.25, -0.2) is 15.0 Å². The van der Waals surface area contributed by atoms with E-state index in [1.807, 2.05) is 31.6 Å². The van der Waals surface area contributed by atoms with E-state index >= 15 is 0 Å². The molecule has 4 aliphatic rings. The molecule has 11 heteroatoms. The Bertz CT molecular complexity index is 1390. The maximum atomic E-state index is 13.7. The number of morpholine rings is 1. The van der Waals surface area contributed by atoms with Gasteiger partial charge in [0.15, 0.2) is 5.65 Å². The van der Waals surface area contributed by atoms with Gasteiger partial charge < -0.3 is 9.64 Å². The van der Waals surface area contributed by atoms with E-state index in [0.29, 0.717) is 54.8 Å². The van der Waals surface area contributed by atoms with Crippen molar-refractivity contribution >= 4 is 17.1 Å². The number of hydrogen-bond donors (Lipinski definition) is 0. The molecule has 0 spiro atoms. The van der Waals surface area contributed by atoms with Crippen molar-refractivity contribution in [3.8, 4) is 0 Å². The van der Waals surface area contributed by atoms with Crippen LogP contribution in [-0.4, -0.2) is 55.1 Å². The van der Waals surface area contributed by atoms with Gasteiger partial charge in [0.25, 0.3) is 0 Å². The van der Waals surface area contributed by atoms with E-state index in [1.165, 1.54) is 0 Å². The third kappa shape index (κ3) is 3.64. The molecule has 1 saturated heterocycles. The minimum Gasteiger partial charge on any atom is -0.367 e. The summed E-state index contributed by atoms with van der Waals surface area (Å²) in [6.07, 6.45) is 3.08. The Balaban J connectivity index is 1.27. The number of aryl methyl sites for hydroxylation is 2. The molecule has 0 aromatic carbocycles. The second-order valence-corrected chi connectivity index (χ2v) is 11.4. The molecule has 0 radical (unpaired) electrons. The highest BCUT2D eigenvalue weighted by Gasteiger charge is 2.69. The van der Waals surface area contributed by atoms with Crippen LogP contribution in [0.4, 0.5) is 19.1 Å². The highest BCUT2D eigenvalue weighted by molar-refractivity contribution is 5.76. The zero-order chi connectivity index (χ0) is 25.7. The number of rotatable bonds is 4. The highest BCUT2D eigenvalue weighted by atomic mass is 19.4. The van der Waals surface area contributed by atoms with Crippen LogP contribution in [0.3, 0.4) is 0 Å². The number of anilines is 1. The first kappa shape index (κ1) is 23.3. The van der Waals surface area contributed by atoms with Gasteiger partial charge in [-0.05, 0) is 58.8 Å². The lowest BCUT2D eigenvalue weighted by atomic mass is 9.41. The summed E-state index contributed by atoms with van der Waals surface area (Å²) in [5, 5.41) is 4.52. The van der Waals surface area contributed by atoms with Crippen LogP contribution in [0.25, 0.3) is 11.2 Å². The standard InChI is InChI=1S/C26H30F3N7O/c1-13-10-35(12-20(37-13)16-9-30-36(11-16)17-4-5-17)24-33-22(21-23(34-24)32-15(3)14(2)31-21)25-7-6-18(25)19(8-25)26(27,28)29/h9,11,13,17-20H,4-8,10,12H2,1-3H3/t13-,18?,19?,20-,25?/m1/s1. The molecule has 3 aromatic heterocycles. The van der Waals surface area contributed by atoms with Gasteiger partial charge in [-0.1, -0.05) is 0 Å². The number of nitrogens with zero attached hydrogens (tertiary/aromatic N) is 7. The summed E-state index contributed by atoms with van der Waals surface area (Å²) >= 11 is 0. The molecule has 5 atom stereocenters. The van der Waals surface area contributed by atoms with Gasteiger partial charge >= 0.3 is 6.18 Å². The molecule has 3 aliphatic carbocycles. The van der Waals surface area contributed by atoms with Crippen molar-refractivity contribution in [1.82, 2.24) is 29.7 Å². The first-order chi connectivity index (χ1) is 17.6. The number of aromatic nitrogens is 6. The summed E-state index contributed by atoms with van der Waals surface area (Å²) in [6.45, 7) is 6.87. The molecule has 3 saturated carbocycles. The molecular weight excluding hydrogens is 483 g/mol. The van der Waals surface area contributed by atoms with E-state index in [9.17, 15) is 13.2 Å². The number of alkyl halides is 3. The normalized spacial score (nSPS) is 31.7. The van der Waals surface area contributed by atoms with Crippen molar-refractivity contribution in [2.45, 2.75) is 82.7 Å². The smallest absolute Gasteiger partial charge is 0.367 e. The third-order valence-electron chi connectivity index (χ3n) is 8.96. The van der Waals surface area contributed by atoms with Crippen molar-refractivity contribution in [2.75, 3.05) is 18.0 Å². The van der Waals surface area contributed by atoms with E-state index in [2.05, 4.69) is 16.2 Å². The van der Waals surface area contributed by atoms with Crippen LogP contribution >= 0.6 is 0 Å². The van der Waals surface area contributed by atoms with Crippen molar-refractivity contribution in [2.24, 2.45) is 11.8 Å². The number of halogens is 3. The van der Waals surface area contributed by atoms with Crippen molar-refractivity contribution in [3.63, 3.8) is 0 Å². The average Bonchev–Trinajstić information content (AvgIpc) is 3.56. The fourth-order valence-corrected chi connectivity index (χ4v) is 6.55. The van der Waals surface area contributed by atoms with E-state index < -0.39 is 23.4 Å². The molecule has 0 bridgehead atoms. The second-order valence-electron chi connectivity index (χ2n) is 11.4. The number of fused-ring (bicyclic) bond motifs is 2. The molecule has 37 heavy (non-hydrogen) atoms. The monoisotopic (exact) mass is 513 g/mol. The van der Waals surface area contributed by atoms with Gasteiger partial charge in [0, 0.05) is 23.7 Å². The number of hydrogen-bond acceptors (Lipinski definition) is 7. The molecule has 3 aromatic rings. The Morgan fingerprint density at radius 2 is 1.81 bits per heavy atom. The Morgan fingerprint density at radius 1 is 1.03 bits per heavy atom. The molecule has 4 fully saturated rings. The summed E-state index contributed by atoms with van der Waals surface area (Å²) in [7, 11) is 0. The Labute approximate surface area is 212 Å². The average molecular weight is 514 g/mol. The summed E-state index contributed by atoms with van der Waals surface area (Å²) in [4.78, 5) is 21.3. The van der Waals surface area contributed by atoms with E-state index in [-0.39, 0.29) is 18.6 Å². The lowest BCUT2D eigenvalue weighted by Gasteiger charge is -2.63. The molecule has 3 unspecified atom stereocenters. The summed E-state index contributed by atoms with van der Waals surface area (Å²) in [5.74, 6) is -1.23. The molecule has 0 N–H and O–H groups in total. The van der Waals surface area contributed by atoms with Crippen LogP contribution < -0.4 is 4.90 Å². The van der Waals surface area contributed by atoms with Crippen LogP contribution in [-0.2, 0) is 10.2 Å². The van der Waals surface area contributed by atoms with Gasteiger partial charge in [-0.2, -0.15) is 23.3 Å². The van der Waals surface area contributed by atoms with Crippen molar-refractivity contribution in [3.05, 3.63) is 35.0 Å². The van der Waals surface area contributed by atoms with Crippen molar-refractivity contribution < 1.29 is 17.9 Å². The predicted octanol–water partition coefficient (Wildman–Crippen LogP) is 4.76. The minimum atomic E-state index is -4.18. The van der Waals surface area contributed by atoms with Gasteiger partial charge in [-0.15, -0.1) is 0 Å². The fraction of sp³-hybridized carbons (Fsp3) is 0.654. The Hall–Kier alpha value is -2.82. The van der Waals surface area contributed by atoms with Gasteiger partial charge in [0.1, 0.15) is 11.6 Å². The predicted molar refractivity (Wildman–Crippen MR) is 129 cm³/mol. The van der Waals surface area contributed by atoms with Gasteiger partial charge in [0.05, 0.1) is 47.9 Å². The van der Waals surface area contributed by atoms with E-state index in [1.54, 1.807) is 0 Å². The van der Waals surface area contributed by atoms with Crippen LogP contribution in [0.1, 0.15) is 73.8 Å². The van der Waals surface area contributed by atoms with E-state index in [4.69, 9.17) is 24.7 Å². The summed E-state index contributed by atoms with van der Waals surface area (Å²) in [5.41, 5.74) is 3.55. The molecule has 8 nitrogen and oxygen atoms in total. The van der Waals surface area contributed by atoms with Gasteiger partial charge in [0.2, 0.25) is 5.95 Å². The number of ether oxygens (including phenoxy) is 1. The maximum absolute atomic E-state index is 13.7. The van der Waals surface area contributed by atoms with Crippen molar-refractivity contribution in [1.29, 1.82) is 0 Å². The third-order valence-corrected chi connectivity index (χ3v) is 8.96. The largest absolute Gasteiger partial charge is 0.392 e. The van der Waals surface area contributed by atoms with Crippen LogP contribution in [0.2, 0.25) is 0 Å². The summed E-state index contributed by atoms with van der Waals surface area (Å²) < 4.78 is 49.3. The SMILES string of the molecule is Cc1nc2nc(N3C[C@@H](C)O[C@@H](c4cnn(C5CC5)c4)C3)nc(C34CCC3C(C(F)(F)F)C4)c2nc1C. The molecule has 7 rings (SSSR count). The minimum absolute atomic E-state index is 0.0593. The first-order valence-corrected chi connectivity index (χ1v) is 13.2. The Morgan fingerprint density at radius 3 is 2.49 bits per heavy atom. The quantitative estimate of drug-likeness (QED) is 0.497. The first-order valence-electron chi connectivity index (χ1n) is 13.2. The molecule has 4 heterocycles. The molecule has 1 aliphatic heterocycles. The zero-order valence-electron chi connectivity index (χ0n) is 21.2. The lowest BCUT2D eigenvalue weighted by Crippen LogP contribution is -2.63. The van der Waals surface area contributed by atoms with Crippen LogP contribution in [0.15, 0.2) is 12.4 Å². The topological polar surface area (TPSA) is 81.9 Å². The van der Waals surface area contributed by atoms with Crippen LogP contribution in [0, 0.1) is 25.7 Å². The Kier molecular flexibility index (Phi) is 4.94. The lowest BCUT2D eigenvalue weighted by molar-refractivity contribution is -0.259. The van der Waals surface area contributed by atoms with Crippen LogP contribution in [0.5, 0.6) is 0 Å². The molecule has 196 valence electrons. The van der Waals surface area contributed by atoms with Gasteiger partial charge in [-0.3, -0.25) is 4.68 Å². The fourth-order valence-electron chi connectivity index (χ4n) is 6.55. The summed E-state index contributed by atoms with van der Waals surface area (Å²) in [6, 6.07) is 0.486. The second kappa shape index (κ2) is 7.85. The van der Waals surface area contributed by atoms with E-state index in [0.717, 1.165) is 29.8 Å². The zero-order valence-corrected chi connectivity index (χ0v) is 21.2. The molecule has 0 amide bonds. The maximum Gasteiger partial charge on any atom is 0.392 e. The molecular formula is C26H30F3N7O.